The van der Waals surface area contributed by atoms with Gasteiger partial charge in [-0.15, -0.1) is 0 Å². The molecule has 2 N–H and O–H groups in total. The fourth-order valence-electron chi connectivity index (χ4n) is 2.31. The number of nitrogens with one attached hydrogen (secondary N) is 2. The first-order chi connectivity index (χ1) is 11.7. The van der Waals surface area contributed by atoms with Crippen LogP contribution in [0.3, 0.4) is 0 Å². The molecule has 0 aliphatic rings. The molecule has 0 fully saturated rings. The van der Waals surface area contributed by atoms with Gasteiger partial charge in [-0.05, 0) is 67.8 Å². The summed E-state index contributed by atoms with van der Waals surface area (Å²) in [6, 6.07) is 10.2. The lowest BCUT2D eigenvalue weighted by molar-refractivity contribution is -0.115. The molecule has 2 rings (SSSR count). The summed E-state index contributed by atoms with van der Waals surface area (Å²) in [6.45, 7) is 5.25. The molecule has 2 aromatic carbocycles. The fourth-order valence-corrected chi connectivity index (χ4v) is 3.52. The highest BCUT2D eigenvalue weighted by Gasteiger charge is 2.18. The van der Waals surface area contributed by atoms with Gasteiger partial charge < -0.3 is 10.1 Å². The highest BCUT2D eigenvalue weighted by Crippen LogP contribution is 2.20. The second kappa shape index (κ2) is 7.67. The van der Waals surface area contributed by atoms with Crippen molar-refractivity contribution in [1.29, 1.82) is 0 Å². The highest BCUT2D eigenvalue weighted by atomic mass is 32.2. The van der Waals surface area contributed by atoms with Gasteiger partial charge in [0.25, 0.3) is 0 Å². The van der Waals surface area contributed by atoms with Crippen molar-refractivity contribution in [1.82, 2.24) is 4.72 Å². The third kappa shape index (κ3) is 4.80. The Hall–Kier alpha value is -2.38. The molecule has 0 atom stereocenters. The lowest BCUT2D eigenvalue weighted by atomic mass is 10.1. The quantitative estimate of drug-likeness (QED) is 0.827. The molecule has 0 radical (unpaired) electrons. The molecule has 25 heavy (non-hydrogen) atoms. The van der Waals surface area contributed by atoms with Gasteiger partial charge in [0.1, 0.15) is 5.75 Å². The Morgan fingerprint density at radius 3 is 2.32 bits per heavy atom. The summed E-state index contributed by atoms with van der Waals surface area (Å²) in [5, 5.41) is 2.68. The number of carbonyl (C=O) groups is 1. The van der Waals surface area contributed by atoms with Crippen molar-refractivity contribution in [3.63, 3.8) is 0 Å². The SMILES string of the molecule is COc1ccc(S(=O)(=O)NCC(=O)Nc2ccc(C)c(C)c2)c(C)c1. The highest BCUT2D eigenvalue weighted by molar-refractivity contribution is 7.89. The predicted molar refractivity (Wildman–Crippen MR) is 97.5 cm³/mol. The molecular weight excluding hydrogens is 340 g/mol. The number of hydrogen-bond donors (Lipinski definition) is 2. The fraction of sp³-hybridized carbons (Fsp3) is 0.278. The summed E-state index contributed by atoms with van der Waals surface area (Å²) in [5.41, 5.74) is 3.34. The number of hydrogen-bond acceptors (Lipinski definition) is 4. The first-order valence-electron chi connectivity index (χ1n) is 7.74. The van der Waals surface area contributed by atoms with Gasteiger partial charge in [0.05, 0.1) is 18.6 Å². The summed E-state index contributed by atoms with van der Waals surface area (Å²) >= 11 is 0. The summed E-state index contributed by atoms with van der Waals surface area (Å²) in [6.07, 6.45) is 0. The first kappa shape index (κ1) is 19.0. The van der Waals surface area contributed by atoms with Gasteiger partial charge in [-0.25, -0.2) is 13.1 Å². The molecule has 0 bridgehead atoms. The van der Waals surface area contributed by atoms with E-state index in [9.17, 15) is 13.2 Å². The minimum absolute atomic E-state index is 0.118. The van der Waals surface area contributed by atoms with E-state index in [0.29, 0.717) is 17.0 Å². The minimum atomic E-state index is -3.78. The maximum absolute atomic E-state index is 12.4. The molecule has 2 aromatic rings. The van der Waals surface area contributed by atoms with Crippen LogP contribution in [-0.2, 0) is 14.8 Å². The van der Waals surface area contributed by atoms with E-state index >= 15 is 0 Å². The molecule has 0 spiro atoms. The molecule has 0 saturated heterocycles. The Labute approximate surface area is 148 Å². The van der Waals surface area contributed by atoms with Gasteiger partial charge in [-0.3, -0.25) is 4.79 Å². The van der Waals surface area contributed by atoms with E-state index in [1.54, 1.807) is 25.1 Å². The number of benzene rings is 2. The zero-order valence-corrected chi connectivity index (χ0v) is 15.5. The van der Waals surface area contributed by atoms with Crippen LogP contribution in [0.25, 0.3) is 0 Å². The second-order valence-corrected chi connectivity index (χ2v) is 7.54. The molecule has 6 nitrogen and oxygen atoms in total. The summed E-state index contributed by atoms with van der Waals surface area (Å²) in [5.74, 6) is 0.141. The predicted octanol–water partition coefficient (Wildman–Crippen LogP) is 2.54. The number of rotatable bonds is 6. The van der Waals surface area contributed by atoms with Crippen molar-refractivity contribution in [2.75, 3.05) is 19.0 Å². The Kier molecular flexibility index (Phi) is 5.81. The van der Waals surface area contributed by atoms with Gasteiger partial charge in [0, 0.05) is 5.69 Å². The number of anilines is 1. The standard InChI is InChI=1S/C18H22N2O4S/c1-12-5-6-15(9-13(12)2)20-18(21)11-19-25(22,23)17-8-7-16(24-4)10-14(17)3/h5-10,19H,11H2,1-4H3,(H,20,21). The van der Waals surface area contributed by atoms with Crippen molar-refractivity contribution in [2.24, 2.45) is 0 Å². The molecule has 0 aromatic heterocycles. The van der Waals surface area contributed by atoms with E-state index in [2.05, 4.69) is 10.0 Å². The maximum atomic E-state index is 12.4. The van der Waals surface area contributed by atoms with E-state index < -0.39 is 15.9 Å². The lowest BCUT2D eigenvalue weighted by Gasteiger charge is -2.11. The molecule has 134 valence electrons. The summed E-state index contributed by atoms with van der Waals surface area (Å²) in [7, 11) is -2.27. The molecule has 0 heterocycles. The zero-order valence-electron chi connectivity index (χ0n) is 14.7. The molecule has 7 heteroatoms. The average molecular weight is 362 g/mol. The van der Waals surface area contributed by atoms with E-state index in [4.69, 9.17) is 4.74 Å². The Balaban J connectivity index is 2.03. The maximum Gasteiger partial charge on any atom is 0.241 e. The van der Waals surface area contributed by atoms with Gasteiger partial charge in [-0.2, -0.15) is 0 Å². The monoisotopic (exact) mass is 362 g/mol. The van der Waals surface area contributed by atoms with Crippen LogP contribution >= 0.6 is 0 Å². The normalized spacial score (nSPS) is 11.2. The van der Waals surface area contributed by atoms with Crippen LogP contribution in [0.1, 0.15) is 16.7 Å². The topological polar surface area (TPSA) is 84.5 Å². The minimum Gasteiger partial charge on any atom is -0.497 e. The van der Waals surface area contributed by atoms with Crippen LogP contribution in [0.15, 0.2) is 41.3 Å². The van der Waals surface area contributed by atoms with Crippen molar-refractivity contribution < 1.29 is 17.9 Å². The van der Waals surface area contributed by atoms with Crippen molar-refractivity contribution >= 4 is 21.6 Å². The summed E-state index contributed by atoms with van der Waals surface area (Å²) < 4.78 is 32.1. The zero-order chi connectivity index (χ0) is 18.6. The van der Waals surface area contributed by atoms with Crippen LogP contribution < -0.4 is 14.8 Å². The number of methoxy groups -OCH3 is 1. The van der Waals surface area contributed by atoms with Gasteiger partial charge >= 0.3 is 0 Å². The Morgan fingerprint density at radius 2 is 1.72 bits per heavy atom. The number of aryl methyl sites for hydroxylation is 3. The molecule has 1 amide bonds. The molecule has 0 aliphatic heterocycles. The number of sulfonamides is 1. The van der Waals surface area contributed by atoms with Crippen molar-refractivity contribution in [3.05, 3.63) is 53.1 Å². The molecule has 0 unspecified atom stereocenters. The first-order valence-corrected chi connectivity index (χ1v) is 9.22. The molecular formula is C18H22N2O4S. The van der Waals surface area contributed by atoms with Crippen molar-refractivity contribution in [3.8, 4) is 5.75 Å². The van der Waals surface area contributed by atoms with Crippen molar-refractivity contribution in [2.45, 2.75) is 25.7 Å². The molecule has 0 saturated carbocycles. The van der Waals surface area contributed by atoms with E-state index in [1.165, 1.54) is 13.2 Å². The van der Waals surface area contributed by atoms with Crippen LogP contribution in [-0.4, -0.2) is 28.0 Å². The van der Waals surface area contributed by atoms with Crippen LogP contribution in [0.5, 0.6) is 5.75 Å². The number of carbonyl (C=O) groups excluding carboxylic acids is 1. The van der Waals surface area contributed by atoms with E-state index in [1.807, 2.05) is 26.0 Å². The third-order valence-corrected chi connectivity index (χ3v) is 5.45. The van der Waals surface area contributed by atoms with Gasteiger partial charge in [-0.1, -0.05) is 6.07 Å². The third-order valence-electron chi connectivity index (χ3n) is 3.89. The number of amides is 1. The molecule has 0 aliphatic carbocycles. The smallest absolute Gasteiger partial charge is 0.241 e. The second-order valence-electron chi connectivity index (χ2n) is 5.80. The van der Waals surface area contributed by atoms with Gasteiger partial charge in [0.15, 0.2) is 0 Å². The van der Waals surface area contributed by atoms with E-state index in [-0.39, 0.29) is 11.4 Å². The Bertz CT molecular complexity index is 892. The van der Waals surface area contributed by atoms with Crippen LogP contribution in [0.4, 0.5) is 5.69 Å². The Morgan fingerprint density at radius 1 is 1.00 bits per heavy atom. The van der Waals surface area contributed by atoms with Crippen LogP contribution in [0.2, 0.25) is 0 Å². The van der Waals surface area contributed by atoms with Gasteiger partial charge in [0.2, 0.25) is 15.9 Å². The summed E-state index contributed by atoms with van der Waals surface area (Å²) in [4.78, 5) is 12.1. The lowest BCUT2D eigenvalue weighted by Crippen LogP contribution is -2.33. The largest absolute Gasteiger partial charge is 0.497 e. The number of ether oxygens (including phenoxy) is 1. The van der Waals surface area contributed by atoms with Crippen LogP contribution in [0, 0.1) is 20.8 Å². The van der Waals surface area contributed by atoms with E-state index in [0.717, 1.165) is 11.1 Å². The average Bonchev–Trinajstić information content (AvgIpc) is 2.56.